The fourth-order valence-electron chi connectivity index (χ4n) is 2.81. The Kier molecular flexibility index (Phi) is 8.54. The van der Waals surface area contributed by atoms with Gasteiger partial charge in [0.1, 0.15) is 11.6 Å². The Labute approximate surface area is 178 Å². The Hall–Kier alpha value is -2.51. The summed E-state index contributed by atoms with van der Waals surface area (Å²) in [7, 11) is 1.26. The number of nitrogens with zero attached hydrogens (tertiary/aromatic N) is 1. The number of nitro groups is 1. The first-order valence-corrected chi connectivity index (χ1v) is 9.77. The van der Waals surface area contributed by atoms with Crippen molar-refractivity contribution in [3.05, 3.63) is 56.6 Å². The van der Waals surface area contributed by atoms with Gasteiger partial charge in [0, 0.05) is 0 Å². The number of ether oxygens (including phenoxy) is 3. The maximum absolute atomic E-state index is 12.2. The molecule has 0 aromatic heterocycles. The predicted octanol–water partition coefficient (Wildman–Crippen LogP) is 5.09. The van der Waals surface area contributed by atoms with E-state index in [0.29, 0.717) is 6.42 Å². The highest BCUT2D eigenvalue weighted by molar-refractivity contribution is 6.37. The van der Waals surface area contributed by atoms with Crippen LogP contribution in [-0.4, -0.2) is 36.9 Å². The standard InChI is InChI=1S/C20H21Cl2NO6/c1-13(24)15-16(22)17(23(25)26)19(27-2)20(18(15)29-12-10-21)28-11-6-9-14-7-4-3-5-8-14/h3-5,7-8H,6,9-12H2,1-2H3. The maximum Gasteiger partial charge on any atom is 0.334 e. The number of alkyl halides is 1. The molecule has 2 rings (SSSR count). The van der Waals surface area contributed by atoms with Gasteiger partial charge in [0.05, 0.1) is 30.1 Å². The van der Waals surface area contributed by atoms with E-state index in [0.717, 1.165) is 12.0 Å². The van der Waals surface area contributed by atoms with Crippen molar-refractivity contribution in [1.82, 2.24) is 0 Å². The highest BCUT2D eigenvalue weighted by Crippen LogP contribution is 2.51. The van der Waals surface area contributed by atoms with Crippen LogP contribution < -0.4 is 14.2 Å². The van der Waals surface area contributed by atoms with Crippen LogP contribution in [0.3, 0.4) is 0 Å². The molecule has 2 aromatic carbocycles. The van der Waals surface area contributed by atoms with Crippen molar-refractivity contribution in [1.29, 1.82) is 0 Å². The van der Waals surface area contributed by atoms with Gasteiger partial charge in [-0.2, -0.15) is 0 Å². The van der Waals surface area contributed by atoms with Gasteiger partial charge in [-0.15, -0.1) is 11.6 Å². The summed E-state index contributed by atoms with van der Waals surface area (Å²) in [5, 5.41) is 11.2. The lowest BCUT2D eigenvalue weighted by atomic mass is 10.1. The number of rotatable bonds is 11. The lowest BCUT2D eigenvalue weighted by Crippen LogP contribution is -2.11. The van der Waals surface area contributed by atoms with Crippen molar-refractivity contribution in [2.24, 2.45) is 0 Å². The lowest BCUT2D eigenvalue weighted by molar-refractivity contribution is -0.385. The molecule has 0 saturated carbocycles. The van der Waals surface area contributed by atoms with Gasteiger partial charge in [-0.1, -0.05) is 41.9 Å². The van der Waals surface area contributed by atoms with Gasteiger partial charge < -0.3 is 14.2 Å². The summed E-state index contributed by atoms with van der Waals surface area (Å²) < 4.78 is 16.6. The van der Waals surface area contributed by atoms with Gasteiger partial charge in [0.15, 0.2) is 11.5 Å². The Morgan fingerprint density at radius 3 is 2.31 bits per heavy atom. The third-order valence-electron chi connectivity index (χ3n) is 4.04. The zero-order valence-corrected chi connectivity index (χ0v) is 17.6. The molecule has 0 amide bonds. The van der Waals surface area contributed by atoms with Gasteiger partial charge in [-0.25, -0.2) is 0 Å². The minimum Gasteiger partial charge on any atom is -0.487 e. The van der Waals surface area contributed by atoms with Crippen LogP contribution in [0.2, 0.25) is 5.02 Å². The number of carbonyl (C=O) groups is 1. The summed E-state index contributed by atoms with van der Waals surface area (Å²) in [6, 6.07) is 9.81. The number of carbonyl (C=O) groups excluding carboxylic acids is 1. The Morgan fingerprint density at radius 2 is 1.76 bits per heavy atom. The van der Waals surface area contributed by atoms with Crippen molar-refractivity contribution < 1.29 is 23.9 Å². The first kappa shape index (κ1) is 22.8. The zero-order valence-electron chi connectivity index (χ0n) is 16.1. The third-order valence-corrected chi connectivity index (χ3v) is 4.57. The largest absolute Gasteiger partial charge is 0.487 e. The van der Waals surface area contributed by atoms with Crippen LogP contribution in [0.1, 0.15) is 29.3 Å². The molecule has 0 aliphatic carbocycles. The smallest absolute Gasteiger partial charge is 0.334 e. The van der Waals surface area contributed by atoms with Crippen molar-refractivity contribution in [2.75, 3.05) is 26.2 Å². The monoisotopic (exact) mass is 441 g/mol. The second-order valence-electron chi connectivity index (χ2n) is 6.02. The van der Waals surface area contributed by atoms with Gasteiger partial charge >= 0.3 is 5.69 Å². The summed E-state index contributed by atoms with van der Waals surface area (Å²) in [6.07, 6.45) is 1.38. The lowest BCUT2D eigenvalue weighted by Gasteiger charge is -2.19. The summed E-state index contributed by atoms with van der Waals surface area (Å²) >= 11 is 11.9. The minimum absolute atomic E-state index is 0.00897. The molecule has 0 radical (unpaired) electrons. The first-order chi connectivity index (χ1) is 13.9. The zero-order chi connectivity index (χ0) is 21.4. The Morgan fingerprint density at radius 1 is 1.10 bits per heavy atom. The molecule has 0 spiro atoms. The van der Waals surface area contributed by atoms with Gasteiger partial charge in [0.2, 0.25) is 11.5 Å². The average molecular weight is 442 g/mol. The maximum atomic E-state index is 12.2. The first-order valence-electron chi connectivity index (χ1n) is 8.86. The van der Waals surface area contributed by atoms with Crippen LogP contribution in [0.25, 0.3) is 0 Å². The molecule has 9 heteroatoms. The summed E-state index contributed by atoms with van der Waals surface area (Å²) in [5.74, 6) is -0.604. The molecule has 29 heavy (non-hydrogen) atoms. The Bertz CT molecular complexity index is 873. The molecule has 0 saturated heterocycles. The molecule has 0 unspecified atom stereocenters. The molecular weight excluding hydrogens is 421 g/mol. The number of nitro benzene ring substituents is 1. The fourth-order valence-corrected chi connectivity index (χ4v) is 3.26. The molecular formula is C20H21Cl2NO6. The van der Waals surface area contributed by atoms with Crippen LogP contribution in [0.5, 0.6) is 17.2 Å². The van der Waals surface area contributed by atoms with Gasteiger partial charge in [-0.3, -0.25) is 14.9 Å². The number of methoxy groups -OCH3 is 1. The number of hydrogen-bond acceptors (Lipinski definition) is 6. The van der Waals surface area contributed by atoms with Crippen molar-refractivity contribution in [3.63, 3.8) is 0 Å². The van der Waals surface area contributed by atoms with Crippen LogP contribution in [0.15, 0.2) is 30.3 Å². The highest BCUT2D eigenvalue weighted by Gasteiger charge is 2.35. The Balaban J connectivity index is 2.42. The van der Waals surface area contributed by atoms with Crippen molar-refractivity contribution in [2.45, 2.75) is 19.8 Å². The number of ketones is 1. The predicted molar refractivity (Wildman–Crippen MR) is 111 cm³/mol. The highest BCUT2D eigenvalue weighted by atomic mass is 35.5. The number of halogens is 2. The van der Waals surface area contributed by atoms with E-state index in [9.17, 15) is 14.9 Å². The molecule has 7 nitrogen and oxygen atoms in total. The normalized spacial score (nSPS) is 10.5. The van der Waals surface area contributed by atoms with E-state index in [2.05, 4.69) is 0 Å². The molecule has 0 fully saturated rings. The van der Waals surface area contributed by atoms with Crippen molar-refractivity contribution >= 4 is 34.7 Å². The van der Waals surface area contributed by atoms with Crippen LogP contribution in [0, 0.1) is 10.1 Å². The van der Waals surface area contributed by atoms with E-state index >= 15 is 0 Å². The van der Waals surface area contributed by atoms with E-state index in [4.69, 9.17) is 37.4 Å². The molecule has 0 N–H and O–H groups in total. The molecule has 0 atom stereocenters. The van der Waals surface area contributed by atoms with E-state index in [1.807, 2.05) is 30.3 Å². The topological polar surface area (TPSA) is 87.9 Å². The van der Waals surface area contributed by atoms with Crippen LogP contribution in [0.4, 0.5) is 5.69 Å². The van der Waals surface area contributed by atoms with E-state index in [1.54, 1.807) is 0 Å². The average Bonchev–Trinajstić information content (AvgIpc) is 2.69. The molecule has 0 heterocycles. The van der Waals surface area contributed by atoms with Crippen LogP contribution in [-0.2, 0) is 6.42 Å². The number of aryl methyl sites for hydroxylation is 1. The fraction of sp³-hybridized carbons (Fsp3) is 0.350. The van der Waals surface area contributed by atoms with Gasteiger partial charge in [-0.05, 0) is 25.3 Å². The molecule has 156 valence electrons. The molecule has 0 aliphatic rings. The summed E-state index contributed by atoms with van der Waals surface area (Å²) in [6.45, 7) is 1.52. The minimum atomic E-state index is -0.713. The molecule has 2 aromatic rings. The quantitative estimate of drug-likeness (QED) is 0.158. The van der Waals surface area contributed by atoms with Crippen LogP contribution >= 0.6 is 23.2 Å². The SMILES string of the molecule is COc1c(OCCCc2ccccc2)c(OCCCl)c(C(C)=O)c(Cl)c1[N+](=O)[O-]. The van der Waals surface area contributed by atoms with Gasteiger partial charge in [0.25, 0.3) is 0 Å². The number of benzene rings is 2. The second-order valence-corrected chi connectivity index (χ2v) is 6.77. The summed E-state index contributed by atoms with van der Waals surface area (Å²) in [5.41, 5.74) is 0.450. The molecule has 0 aliphatic heterocycles. The van der Waals surface area contributed by atoms with E-state index in [1.165, 1.54) is 14.0 Å². The summed E-state index contributed by atoms with van der Waals surface area (Å²) in [4.78, 5) is 23.0. The molecule has 0 bridgehead atoms. The van der Waals surface area contributed by atoms with Crippen molar-refractivity contribution in [3.8, 4) is 17.2 Å². The number of Topliss-reactive ketones (excluding diaryl/α,β-unsaturated/α-hetero) is 1. The number of hydrogen-bond donors (Lipinski definition) is 0. The second kappa shape index (κ2) is 10.9. The van der Waals surface area contributed by atoms with E-state index < -0.39 is 16.4 Å². The van der Waals surface area contributed by atoms with E-state index in [-0.39, 0.29) is 46.9 Å². The third kappa shape index (κ3) is 5.52.